The smallest absolute Gasteiger partial charge is 0.139 e. The summed E-state index contributed by atoms with van der Waals surface area (Å²) in [6.07, 6.45) is 8.62. The normalized spacial score (nSPS) is 25.8. The van der Waals surface area contributed by atoms with Crippen LogP contribution in [0.2, 0.25) is 0 Å². The van der Waals surface area contributed by atoms with E-state index in [1.54, 1.807) is 6.33 Å². The minimum Gasteiger partial charge on any atom is -0.399 e. The number of hydrogen-bond acceptors (Lipinski definition) is 4. The Hall–Kier alpha value is -1.84. The molecule has 2 unspecified atom stereocenters. The SMILES string of the molecule is Nc1ccc2c(N3CCC4CCCCC4C3)ncnc2c1. The molecule has 0 amide bonds. The molecule has 21 heavy (non-hydrogen) atoms. The molecule has 1 aliphatic carbocycles. The topological polar surface area (TPSA) is 55.0 Å². The maximum absolute atomic E-state index is 5.87. The zero-order valence-electron chi connectivity index (χ0n) is 12.3. The van der Waals surface area contributed by atoms with Crippen molar-refractivity contribution >= 4 is 22.4 Å². The van der Waals surface area contributed by atoms with E-state index < -0.39 is 0 Å². The number of hydrogen-bond donors (Lipinski definition) is 1. The number of anilines is 2. The van der Waals surface area contributed by atoms with Gasteiger partial charge in [-0.05, 0) is 42.9 Å². The Morgan fingerprint density at radius 2 is 1.90 bits per heavy atom. The predicted octanol–water partition coefficient (Wildman–Crippen LogP) is 3.23. The number of aromatic nitrogens is 2. The lowest BCUT2D eigenvalue weighted by atomic mass is 9.75. The molecule has 2 aromatic rings. The standard InChI is InChI=1S/C17H22N4/c18-14-5-6-15-16(9-14)19-11-20-17(15)21-8-7-12-3-1-2-4-13(12)10-21/h5-6,9,11-13H,1-4,7-8,10,18H2. The Bertz CT molecular complexity index is 654. The highest BCUT2D eigenvalue weighted by Gasteiger charge is 2.32. The van der Waals surface area contributed by atoms with Crippen LogP contribution in [-0.2, 0) is 0 Å². The third kappa shape index (κ3) is 2.33. The van der Waals surface area contributed by atoms with E-state index in [0.717, 1.165) is 47.3 Å². The summed E-state index contributed by atoms with van der Waals surface area (Å²) in [6, 6.07) is 5.95. The van der Waals surface area contributed by atoms with Crippen LogP contribution in [-0.4, -0.2) is 23.1 Å². The first kappa shape index (κ1) is 12.9. The molecule has 1 saturated carbocycles. The summed E-state index contributed by atoms with van der Waals surface area (Å²) in [5.41, 5.74) is 7.58. The predicted molar refractivity (Wildman–Crippen MR) is 86.2 cm³/mol. The first-order valence-electron chi connectivity index (χ1n) is 8.06. The molecule has 2 fully saturated rings. The van der Waals surface area contributed by atoms with Crippen LogP contribution in [0.4, 0.5) is 11.5 Å². The molecular formula is C17H22N4. The van der Waals surface area contributed by atoms with Crippen LogP contribution in [0.25, 0.3) is 10.9 Å². The van der Waals surface area contributed by atoms with Crippen molar-refractivity contribution < 1.29 is 0 Å². The molecule has 2 N–H and O–H groups in total. The molecule has 4 heteroatoms. The van der Waals surface area contributed by atoms with Gasteiger partial charge in [0.25, 0.3) is 0 Å². The zero-order valence-corrected chi connectivity index (χ0v) is 12.3. The van der Waals surface area contributed by atoms with Crippen LogP contribution < -0.4 is 10.6 Å². The highest BCUT2D eigenvalue weighted by atomic mass is 15.2. The van der Waals surface area contributed by atoms with Gasteiger partial charge in [-0.1, -0.05) is 19.3 Å². The van der Waals surface area contributed by atoms with Gasteiger partial charge >= 0.3 is 0 Å². The van der Waals surface area contributed by atoms with Crippen LogP contribution in [0.15, 0.2) is 24.5 Å². The van der Waals surface area contributed by atoms with Crippen LogP contribution in [0.3, 0.4) is 0 Å². The van der Waals surface area contributed by atoms with Gasteiger partial charge in [0.15, 0.2) is 0 Å². The van der Waals surface area contributed by atoms with E-state index in [1.165, 1.54) is 32.1 Å². The van der Waals surface area contributed by atoms with Gasteiger partial charge < -0.3 is 10.6 Å². The van der Waals surface area contributed by atoms with Crippen molar-refractivity contribution in [1.29, 1.82) is 0 Å². The molecule has 110 valence electrons. The van der Waals surface area contributed by atoms with Crippen LogP contribution in [0.1, 0.15) is 32.1 Å². The van der Waals surface area contributed by atoms with Crippen molar-refractivity contribution in [2.75, 3.05) is 23.7 Å². The summed E-state index contributed by atoms with van der Waals surface area (Å²) in [7, 11) is 0. The summed E-state index contributed by atoms with van der Waals surface area (Å²) >= 11 is 0. The van der Waals surface area contributed by atoms with Gasteiger partial charge in [-0.15, -0.1) is 0 Å². The highest BCUT2D eigenvalue weighted by molar-refractivity contribution is 5.91. The molecule has 1 aliphatic heterocycles. The average molecular weight is 282 g/mol. The number of nitrogens with two attached hydrogens (primary N) is 1. The maximum Gasteiger partial charge on any atom is 0.139 e. The third-order valence-corrected chi connectivity index (χ3v) is 5.23. The second-order valence-electron chi connectivity index (χ2n) is 6.51. The summed E-state index contributed by atoms with van der Waals surface area (Å²) < 4.78 is 0. The number of benzene rings is 1. The van der Waals surface area contributed by atoms with Crippen molar-refractivity contribution in [1.82, 2.24) is 9.97 Å². The van der Waals surface area contributed by atoms with Crippen LogP contribution >= 0.6 is 0 Å². The Labute approximate surface area is 125 Å². The fourth-order valence-electron chi connectivity index (χ4n) is 4.11. The van der Waals surface area contributed by atoms with E-state index in [2.05, 4.69) is 20.9 Å². The Morgan fingerprint density at radius 3 is 2.81 bits per heavy atom. The molecule has 1 aromatic heterocycles. The molecule has 0 spiro atoms. The van der Waals surface area contributed by atoms with Gasteiger partial charge in [0.2, 0.25) is 0 Å². The van der Waals surface area contributed by atoms with Crippen molar-refractivity contribution in [3.63, 3.8) is 0 Å². The van der Waals surface area contributed by atoms with Crippen molar-refractivity contribution in [3.05, 3.63) is 24.5 Å². The minimum absolute atomic E-state index is 0.762. The fourth-order valence-corrected chi connectivity index (χ4v) is 4.11. The monoisotopic (exact) mass is 282 g/mol. The number of nitrogens with zero attached hydrogens (tertiary/aromatic N) is 3. The zero-order chi connectivity index (χ0) is 14.2. The lowest BCUT2D eigenvalue weighted by Crippen LogP contribution is -2.42. The van der Waals surface area contributed by atoms with E-state index in [1.807, 2.05) is 12.1 Å². The third-order valence-electron chi connectivity index (χ3n) is 5.23. The van der Waals surface area contributed by atoms with Gasteiger partial charge in [0.1, 0.15) is 12.1 Å². The van der Waals surface area contributed by atoms with Gasteiger partial charge in [-0.3, -0.25) is 0 Å². The first-order chi connectivity index (χ1) is 10.3. The Balaban J connectivity index is 1.67. The number of fused-ring (bicyclic) bond motifs is 2. The van der Waals surface area contributed by atoms with Gasteiger partial charge in [0.05, 0.1) is 5.52 Å². The van der Waals surface area contributed by atoms with E-state index in [4.69, 9.17) is 5.73 Å². The molecule has 2 aliphatic rings. The Morgan fingerprint density at radius 1 is 1.05 bits per heavy atom. The average Bonchev–Trinajstić information content (AvgIpc) is 2.53. The lowest BCUT2D eigenvalue weighted by molar-refractivity contribution is 0.202. The fraction of sp³-hybridized carbons (Fsp3) is 0.529. The molecule has 4 rings (SSSR count). The van der Waals surface area contributed by atoms with Crippen molar-refractivity contribution in [3.8, 4) is 0 Å². The summed E-state index contributed by atoms with van der Waals surface area (Å²) in [5, 5.41) is 1.13. The summed E-state index contributed by atoms with van der Waals surface area (Å²) in [4.78, 5) is 11.4. The molecule has 2 atom stereocenters. The van der Waals surface area contributed by atoms with E-state index in [9.17, 15) is 0 Å². The van der Waals surface area contributed by atoms with Crippen molar-refractivity contribution in [2.24, 2.45) is 11.8 Å². The number of piperidine rings is 1. The summed E-state index contributed by atoms with van der Waals surface area (Å²) in [6.45, 7) is 2.28. The minimum atomic E-state index is 0.762. The van der Waals surface area contributed by atoms with E-state index >= 15 is 0 Å². The van der Waals surface area contributed by atoms with E-state index in [-0.39, 0.29) is 0 Å². The number of rotatable bonds is 1. The van der Waals surface area contributed by atoms with Gasteiger partial charge in [-0.25, -0.2) is 9.97 Å². The van der Waals surface area contributed by atoms with Gasteiger partial charge in [0, 0.05) is 24.2 Å². The molecule has 0 bridgehead atoms. The number of nitrogen functional groups attached to an aromatic ring is 1. The lowest BCUT2D eigenvalue weighted by Gasteiger charge is -2.42. The maximum atomic E-state index is 5.87. The molecular weight excluding hydrogens is 260 g/mol. The van der Waals surface area contributed by atoms with Crippen molar-refractivity contribution in [2.45, 2.75) is 32.1 Å². The quantitative estimate of drug-likeness (QED) is 0.816. The van der Waals surface area contributed by atoms with E-state index in [0.29, 0.717) is 0 Å². The van der Waals surface area contributed by atoms with Gasteiger partial charge in [-0.2, -0.15) is 0 Å². The van der Waals surface area contributed by atoms with Crippen LogP contribution in [0, 0.1) is 11.8 Å². The highest BCUT2D eigenvalue weighted by Crippen LogP contribution is 2.38. The second kappa shape index (κ2) is 5.17. The molecule has 4 nitrogen and oxygen atoms in total. The first-order valence-corrected chi connectivity index (χ1v) is 8.06. The Kier molecular flexibility index (Phi) is 3.17. The second-order valence-corrected chi connectivity index (χ2v) is 6.51. The van der Waals surface area contributed by atoms with Crippen LogP contribution in [0.5, 0.6) is 0 Å². The largest absolute Gasteiger partial charge is 0.399 e. The molecule has 1 aromatic carbocycles. The summed E-state index contributed by atoms with van der Waals surface area (Å²) in [5.74, 6) is 2.88. The molecule has 2 heterocycles. The molecule has 0 radical (unpaired) electrons. The molecule has 1 saturated heterocycles.